The van der Waals surface area contributed by atoms with Crippen molar-refractivity contribution in [1.82, 2.24) is 27.9 Å². The highest BCUT2D eigenvalue weighted by Gasteiger charge is 2.20. The van der Waals surface area contributed by atoms with Crippen LogP contribution in [0, 0.1) is 6.92 Å². The molecule has 4 heterocycles. The summed E-state index contributed by atoms with van der Waals surface area (Å²) in [7, 11) is 0. The molecule has 0 fully saturated rings. The molecule has 6 aromatic carbocycles. The Morgan fingerprint density at radius 2 is 0.889 bits per heavy atom. The summed E-state index contributed by atoms with van der Waals surface area (Å²) < 4.78 is 9.15. The van der Waals surface area contributed by atoms with Crippen molar-refractivity contribution in [3.05, 3.63) is 145 Å². The molecule has 0 saturated carbocycles. The molecule has 0 saturated heterocycles. The predicted molar refractivity (Wildman–Crippen MR) is 184 cm³/mol. The van der Waals surface area contributed by atoms with E-state index in [0.29, 0.717) is 0 Å². The van der Waals surface area contributed by atoms with Crippen LogP contribution in [0.25, 0.3) is 77.8 Å². The molecule has 45 heavy (non-hydrogen) atoms. The molecule has 10 aromatic rings. The summed E-state index contributed by atoms with van der Waals surface area (Å²) in [5.41, 5.74) is 11.7. The topological polar surface area (TPSA) is 44.5 Å². The molecular formula is C39H26N6. The SMILES string of the molecule is Cc1ccc(-n2c3nc4ccccc4n3c3ccc(-n4c5ccccc5c5ccccc54)cc3n3c4ccccc4nc23)cc1. The number of benzene rings is 6. The molecule has 0 aliphatic rings. The molecule has 0 aliphatic carbocycles. The molecule has 6 heteroatoms. The van der Waals surface area contributed by atoms with Crippen LogP contribution in [0.1, 0.15) is 5.56 Å². The van der Waals surface area contributed by atoms with Crippen molar-refractivity contribution in [3.8, 4) is 11.4 Å². The van der Waals surface area contributed by atoms with Gasteiger partial charge in [0, 0.05) is 16.5 Å². The maximum atomic E-state index is 5.28. The van der Waals surface area contributed by atoms with E-state index in [1.807, 2.05) is 6.07 Å². The van der Waals surface area contributed by atoms with Gasteiger partial charge in [-0.15, -0.1) is 0 Å². The van der Waals surface area contributed by atoms with Crippen molar-refractivity contribution in [2.75, 3.05) is 0 Å². The first-order chi connectivity index (χ1) is 22.2. The van der Waals surface area contributed by atoms with Gasteiger partial charge >= 0.3 is 0 Å². The summed E-state index contributed by atoms with van der Waals surface area (Å²) in [6.07, 6.45) is 0. The summed E-state index contributed by atoms with van der Waals surface area (Å²) in [5, 5.41) is 2.48. The van der Waals surface area contributed by atoms with Gasteiger partial charge in [0.1, 0.15) is 0 Å². The number of imidazole rings is 2. The molecule has 10 rings (SSSR count). The Bertz CT molecular complexity index is 2770. The highest BCUT2D eigenvalue weighted by Crippen LogP contribution is 2.35. The number of aromatic nitrogens is 6. The molecule has 0 unspecified atom stereocenters. The van der Waals surface area contributed by atoms with Gasteiger partial charge in [-0.05, 0) is 73.7 Å². The molecule has 0 atom stereocenters. The number of hydrogen-bond acceptors (Lipinski definition) is 2. The van der Waals surface area contributed by atoms with E-state index in [4.69, 9.17) is 9.97 Å². The van der Waals surface area contributed by atoms with Gasteiger partial charge < -0.3 is 4.57 Å². The summed E-state index contributed by atoms with van der Waals surface area (Å²) in [6, 6.07) is 49.4. The minimum atomic E-state index is 0.801. The molecule has 0 N–H and O–H groups in total. The van der Waals surface area contributed by atoms with Gasteiger partial charge in [-0.25, -0.2) is 14.5 Å². The van der Waals surface area contributed by atoms with Gasteiger partial charge in [0.2, 0.25) is 11.6 Å². The third-order valence-electron chi connectivity index (χ3n) is 9.06. The van der Waals surface area contributed by atoms with Crippen LogP contribution in [0.4, 0.5) is 0 Å². The minimum absolute atomic E-state index is 0.801. The van der Waals surface area contributed by atoms with Crippen molar-refractivity contribution in [1.29, 1.82) is 0 Å². The van der Waals surface area contributed by atoms with E-state index in [1.165, 1.54) is 27.4 Å². The molecule has 0 aliphatic heterocycles. The van der Waals surface area contributed by atoms with Gasteiger partial charge in [0.05, 0.1) is 49.8 Å². The van der Waals surface area contributed by atoms with Crippen LogP contribution in [-0.4, -0.2) is 27.9 Å². The quantitative estimate of drug-likeness (QED) is 0.205. The predicted octanol–water partition coefficient (Wildman–Crippen LogP) is 9.20. The van der Waals surface area contributed by atoms with E-state index < -0.39 is 0 Å². The van der Waals surface area contributed by atoms with Crippen LogP contribution in [0.5, 0.6) is 0 Å². The zero-order chi connectivity index (χ0) is 29.6. The molecule has 6 nitrogen and oxygen atoms in total. The van der Waals surface area contributed by atoms with Crippen LogP contribution < -0.4 is 0 Å². The minimum Gasteiger partial charge on any atom is -0.309 e. The van der Waals surface area contributed by atoms with Crippen molar-refractivity contribution < 1.29 is 0 Å². The smallest absolute Gasteiger partial charge is 0.223 e. The monoisotopic (exact) mass is 578 g/mol. The maximum Gasteiger partial charge on any atom is 0.223 e. The van der Waals surface area contributed by atoms with Gasteiger partial charge in [-0.2, -0.15) is 0 Å². The number of para-hydroxylation sites is 6. The van der Waals surface area contributed by atoms with E-state index in [2.05, 4.69) is 158 Å². The van der Waals surface area contributed by atoms with E-state index >= 15 is 0 Å². The average Bonchev–Trinajstić information content (AvgIpc) is 3.73. The van der Waals surface area contributed by atoms with E-state index in [0.717, 1.165) is 56.0 Å². The fourth-order valence-electron chi connectivity index (χ4n) is 7.04. The summed E-state index contributed by atoms with van der Waals surface area (Å²) in [5.74, 6) is 1.61. The lowest BCUT2D eigenvalue weighted by atomic mass is 10.2. The van der Waals surface area contributed by atoms with Crippen LogP contribution >= 0.6 is 0 Å². The zero-order valence-corrected chi connectivity index (χ0v) is 24.5. The van der Waals surface area contributed by atoms with E-state index in [1.54, 1.807) is 0 Å². The second-order valence-electron chi connectivity index (χ2n) is 11.7. The Morgan fingerprint density at radius 1 is 0.400 bits per heavy atom. The summed E-state index contributed by atoms with van der Waals surface area (Å²) >= 11 is 0. The molecule has 0 spiro atoms. The van der Waals surface area contributed by atoms with Crippen molar-refractivity contribution in [2.24, 2.45) is 0 Å². The lowest BCUT2D eigenvalue weighted by Gasteiger charge is -2.10. The first kappa shape index (κ1) is 24.3. The van der Waals surface area contributed by atoms with E-state index in [-0.39, 0.29) is 0 Å². The van der Waals surface area contributed by atoms with Gasteiger partial charge in [0.15, 0.2) is 0 Å². The van der Waals surface area contributed by atoms with Crippen LogP contribution in [0.15, 0.2) is 140 Å². The lowest BCUT2D eigenvalue weighted by molar-refractivity contribution is 1.03. The van der Waals surface area contributed by atoms with Crippen LogP contribution in [-0.2, 0) is 0 Å². The molecule has 0 bridgehead atoms. The Labute approximate surface area is 257 Å². The first-order valence-electron chi connectivity index (χ1n) is 15.2. The zero-order valence-electron chi connectivity index (χ0n) is 24.5. The summed E-state index contributed by atoms with van der Waals surface area (Å²) in [6.45, 7) is 2.11. The normalized spacial score (nSPS) is 12.1. The Hall–Kier alpha value is -6.14. The molecule has 0 amide bonds. The van der Waals surface area contributed by atoms with Crippen molar-refractivity contribution in [3.63, 3.8) is 0 Å². The fraction of sp³-hybridized carbons (Fsp3) is 0.0256. The maximum absolute atomic E-state index is 5.28. The molecule has 212 valence electrons. The molecule has 0 radical (unpaired) electrons. The number of rotatable bonds is 2. The van der Waals surface area contributed by atoms with Gasteiger partial charge in [0.25, 0.3) is 0 Å². The Kier molecular flexibility index (Phi) is 4.83. The highest BCUT2D eigenvalue weighted by atomic mass is 15.3. The number of aryl methyl sites for hydroxylation is 1. The third-order valence-corrected chi connectivity index (χ3v) is 9.06. The van der Waals surface area contributed by atoms with E-state index in [9.17, 15) is 0 Å². The number of fused-ring (bicyclic) bond motifs is 12. The molecular weight excluding hydrogens is 552 g/mol. The molecule has 4 aromatic heterocycles. The lowest BCUT2D eigenvalue weighted by Crippen LogP contribution is -2.02. The van der Waals surface area contributed by atoms with Crippen LogP contribution in [0.2, 0.25) is 0 Å². The van der Waals surface area contributed by atoms with Gasteiger partial charge in [-0.1, -0.05) is 78.4 Å². The second kappa shape index (κ2) is 8.94. The Morgan fingerprint density at radius 3 is 1.49 bits per heavy atom. The third kappa shape index (κ3) is 3.33. The standard InChI is InChI=1S/C39H26N6/c1-25-18-20-26(21-19-25)43-38-40-30-12-4-8-16-34(30)44(38)36-23-22-27(24-37(36)45-35-17-9-5-13-31(35)41-39(43)45)42-32-14-6-2-10-28(32)29-11-3-7-15-33(29)42/h2-24H,1H3. The van der Waals surface area contributed by atoms with Crippen molar-refractivity contribution >= 4 is 66.5 Å². The fourth-order valence-corrected chi connectivity index (χ4v) is 7.04. The highest BCUT2D eigenvalue weighted by molar-refractivity contribution is 6.09. The number of hydrogen-bond donors (Lipinski definition) is 0. The van der Waals surface area contributed by atoms with Gasteiger partial charge in [-0.3, -0.25) is 8.80 Å². The first-order valence-corrected chi connectivity index (χ1v) is 15.2. The van der Waals surface area contributed by atoms with Crippen LogP contribution in [0.3, 0.4) is 0 Å². The van der Waals surface area contributed by atoms with Crippen molar-refractivity contribution in [2.45, 2.75) is 6.92 Å². The Balaban J connectivity index is 1.47. The second-order valence-corrected chi connectivity index (χ2v) is 11.7. The number of nitrogens with zero attached hydrogens (tertiary/aromatic N) is 6. The largest absolute Gasteiger partial charge is 0.309 e. The summed E-state index contributed by atoms with van der Waals surface area (Å²) in [4.78, 5) is 10.5. The average molecular weight is 579 g/mol.